The zero-order chi connectivity index (χ0) is 14.8. The minimum absolute atomic E-state index is 0.00229. The number of hydrogen-bond donors (Lipinski definition) is 3. The highest BCUT2D eigenvalue weighted by atomic mass is 79.9. The Morgan fingerprint density at radius 1 is 1.37 bits per heavy atom. The molecule has 19 heavy (non-hydrogen) atoms. The van der Waals surface area contributed by atoms with Crippen LogP contribution in [0.25, 0.3) is 0 Å². The highest BCUT2D eigenvalue weighted by Gasteiger charge is 2.18. The smallest absolute Gasteiger partial charge is 0.241 e. The fourth-order valence-electron chi connectivity index (χ4n) is 1.29. The summed E-state index contributed by atoms with van der Waals surface area (Å²) in [5.41, 5.74) is 6.15. The molecule has 106 valence electrons. The molecule has 1 aromatic carbocycles. The van der Waals surface area contributed by atoms with Gasteiger partial charge in [-0.1, -0.05) is 13.8 Å². The molecule has 0 aromatic heterocycles. The molecule has 0 heterocycles. The summed E-state index contributed by atoms with van der Waals surface area (Å²) in [6, 6.07) is 3.46. The van der Waals surface area contributed by atoms with Crippen molar-refractivity contribution in [2.45, 2.75) is 24.8 Å². The number of carbonyl (C=O) groups excluding carboxylic acids is 1. The van der Waals surface area contributed by atoms with Crippen LogP contribution in [0, 0.1) is 5.92 Å². The van der Waals surface area contributed by atoms with Crippen molar-refractivity contribution >= 4 is 37.5 Å². The molecule has 0 aliphatic heterocycles. The maximum absolute atomic E-state index is 11.8. The lowest BCUT2D eigenvalue weighted by atomic mass is 10.1. The van der Waals surface area contributed by atoms with Gasteiger partial charge in [0.1, 0.15) is 0 Å². The molecule has 0 saturated carbocycles. The van der Waals surface area contributed by atoms with Gasteiger partial charge in [0.25, 0.3) is 0 Å². The average Bonchev–Trinajstić information content (AvgIpc) is 2.29. The predicted molar refractivity (Wildman–Crippen MR) is 77.0 cm³/mol. The lowest BCUT2D eigenvalue weighted by molar-refractivity contribution is -0.118. The van der Waals surface area contributed by atoms with E-state index in [9.17, 15) is 13.2 Å². The van der Waals surface area contributed by atoms with Gasteiger partial charge in [0.2, 0.25) is 15.9 Å². The van der Waals surface area contributed by atoms with E-state index in [4.69, 9.17) is 10.9 Å². The number of nitrogens with two attached hydrogens (primary N) is 2. The van der Waals surface area contributed by atoms with Crippen LogP contribution < -0.4 is 16.2 Å². The summed E-state index contributed by atoms with van der Waals surface area (Å²) in [5.74, 6) is -0.332. The standard InChI is InChI=1S/C11H16BrN3O3S/c1-6(2)10(13)11(16)15-9-4-3-7(5-8(9)12)19(14,17)18/h3-6,10H,13H2,1-2H3,(H,15,16)(H2,14,17,18). The molecule has 0 spiro atoms. The van der Waals surface area contributed by atoms with Crippen LogP contribution in [0.5, 0.6) is 0 Å². The van der Waals surface area contributed by atoms with Crippen molar-refractivity contribution in [3.05, 3.63) is 22.7 Å². The summed E-state index contributed by atoms with van der Waals surface area (Å²) >= 11 is 3.18. The highest BCUT2D eigenvalue weighted by molar-refractivity contribution is 9.10. The second-order valence-electron chi connectivity index (χ2n) is 4.45. The van der Waals surface area contributed by atoms with Crippen molar-refractivity contribution in [1.29, 1.82) is 0 Å². The van der Waals surface area contributed by atoms with E-state index in [2.05, 4.69) is 21.2 Å². The van der Waals surface area contributed by atoms with Gasteiger partial charge in [-0.25, -0.2) is 13.6 Å². The number of benzene rings is 1. The van der Waals surface area contributed by atoms with Crippen LogP contribution in [0.2, 0.25) is 0 Å². The molecule has 0 saturated heterocycles. The molecule has 8 heteroatoms. The van der Waals surface area contributed by atoms with Gasteiger partial charge >= 0.3 is 0 Å². The first-order chi connectivity index (χ1) is 8.62. The van der Waals surface area contributed by atoms with E-state index < -0.39 is 16.1 Å². The van der Waals surface area contributed by atoms with Gasteiger partial charge in [-0.05, 0) is 40.0 Å². The lowest BCUT2D eigenvalue weighted by Gasteiger charge is -2.16. The maximum Gasteiger partial charge on any atom is 0.241 e. The van der Waals surface area contributed by atoms with Crippen molar-refractivity contribution in [1.82, 2.24) is 0 Å². The molecule has 1 unspecified atom stereocenters. The van der Waals surface area contributed by atoms with E-state index in [0.717, 1.165) is 0 Å². The maximum atomic E-state index is 11.8. The first-order valence-electron chi connectivity index (χ1n) is 5.51. The van der Waals surface area contributed by atoms with Crippen molar-refractivity contribution in [2.75, 3.05) is 5.32 Å². The summed E-state index contributed by atoms with van der Waals surface area (Å²) in [5, 5.41) is 7.63. The SMILES string of the molecule is CC(C)C(N)C(=O)Nc1ccc(S(N)(=O)=O)cc1Br. The van der Waals surface area contributed by atoms with Crippen molar-refractivity contribution in [3.63, 3.8) is 0 Å². The Morgan fingerprint density at radius 3 is 2.37 bits per heavy atom. The predicted octanol–water partition coefficient (Wildman–Crippen LogP) is 1.02. The summed E-state index contributed by atoms with van der Waals surface area (Å²) in [4.78, 5) is 11.8. The number of primary sulfonamides is 1. The van der Waals surface area contributed by atoms with Gasteiger partial charge in [-0.3, -0.25) is 4.79 Å². The molecule has 1 aromatic rings. The quantitative estimate of drug-likeness (QED) is 0.752. The van der Waals surface area contributed by atoms with Crippen LogP contribution in [0.1, 0.15) is 13.8 Å². The molecule has 1 atom stereocenters. The molecule has 6 nitrogen and oxygen atoms in total. The van der Waals surface area contributed by atoms with Crippen molar-refractivity contribution in [3.8, 4) is 0 Å². The minimum Gasteiger partial charge on any atom is -0.324 e. The zero-order valence-electron chi connectivity index (χ0n) is 10.6. The Labute approximate surface area is 120 Å². The van der Waals surface area contributed by atoms with E-state index in [1.807, 2.05) is 13.8 Å². The van der Waals surface area contributed by atoms with Gasteiger partial charge in [0.05, 0.1) is 16.6 Å². The van der Waals surface area contributed by atoms with Crippen LogP contribution in [0.3, 0.4) is 0 Å². The minimum atomic E-state index is -3.77. The molecular weight excluding hydrogens is 334 g/mol. The Balaban J connectivity index is 2.96. The molecular formula is C11H16BrN3O3S. The van der Waals surface area contributed by atoms with Gasteiger partial charge in [0.15, 0.2) is 0 Å². The molecule has 0 aliphatic carbocycles. The molecule has 1 amide bonds. The van der Waals surface area contributed by atoms with E-state index in [1.165, 1.54) is 18.2 Å². The summed E-state index contributed by atoms with van der Waals surface area (Å²) in [6.07, 6.45) is 0. The third-order valence-corrected chi connectivity index (χ3v) is 4.12. The van der Waals surface area contributed by atoms with Crippen molar-refractivity contribution in [2.24, 2.45) is 16.8 Å². The topological polar surface area (TPSA) is 115 Å². The Bertz CT molecular complexity index is 587. The van der Waals surface area contributed by atoms with Gasteiger partial charge in [0, 0.05) is 4.47 Å². The fourth-order valence-corrected chi connectivity index (χ4v) is 2.46. The largest absolute Gasteiger partial charge is 0.324 e. The van der Waals surface area contributed by atoms with Gasteiger partial charge in [-0.15, -0.1) is 0 Å². The van der Waals surface area contributed by atoms with E-state index in [1.54, 1.807) is 0 Å². The molecule has 1 rings (SSSR count). The number of anilines is 1. The van der Waals surface area contributed by atoms with Crippen LogP contribution in [0.4, 0.5) is 5.69 Å². The Hall–Kier alpha value is -0.960. The second-order valence-corrected chi connectivity index (χ2v) is 6.86. The number of halogens is 1. The number of amides is 1. The normalized spacial score (nSPS) is 13.4. The third-order valence-electron chi connectivity index (χ3n) is 2.55. The Kier molecular flexibility index (Phi) is 5.08. The van der Waals surface area contributed by atoms with E-state index in [0.29, 0.717) is 10.2 Å². The highest BCUT2D eigenvalue weighted by Crippen LogP contribution is 2.25. The van der Waals surface area contributed by atoms with E-state index in [-0.39, 0.29) is 16.7 Å². The molecule has 0 bridgehead atoms. The molecule has 5 N–H and O–H groups in total. The third kappa shape index (κ3) is 4.27. The van der Waals surface area contributed by atoms with Crippen LogP contribution in [-0.2, 0) is 14.8 Å². The molecule has 0 aliphatic rings. The first kappa shape index (κ1) is 16.1. The summed E-state index contributed by atoms with van der Waals surface area (Å²) < 4.78 is 22.8. The lowest BCUT2D eigenvalue weighted by Crippen LogP contribution is -2.39. The first-order valence-corrected chi connectivity index (χ1v) is 7.85. The van der Waals surface area contributed by atoms with Crippen molar-refractivity contribution < 1.29 is 13.2 Å². The summed E-state index contributed by atoms with van der Waals surface area (Å²) in [7, 11) is -3.77. The number of rotatable bonds is 4. The number of carbonyl (C=O) groups is 1. The zero-order valence-corrected chi connectivity index (χ0v) is 13.0. The number of nitrogens with one attached hydrogen (secondary N) is 1. The van der Waals surface area contributed by atoms with Gasteiger partial charge in [-0.2, -0.15) is 0 Å². The molecule has 0 radical (unpaired) electrons. The monoisotopic (exact) mass is 349 g/mol. The average molecular weight is 350 g/mol. The van der Waals surface area contributed by atoms with E-state index >= 15 is 0 Å². The molecule has 0 fully saturated rings. The number of sulfonamides is 1. The van der Waals surface area contributed by atoms with Crippen LogP contribution in [-0.4, -0.2) is 20.4 Å². The second kappa shape index (κ2) is 6.00. The fraction of sp³-hybridized carbons (Fsp3) is 0.364. The Morgan fingerprint density at radius 2 is 1.95 bits per heavy atom. The van der Waals surface area contributed by atoms with Crippen LogP contribution in [0.15, 0.2) is 27.6 Å². The van der Waals surface area contributed by atoms with Crippen LogP contribution >= 0.6 is 15.9 Å². The number of hydrogen-bond acceptors (Lipinski definition) is 4. The van der Waals surface area contributed by atoms with Gasteiger partial charge < -0.3 is 11.1 Å². The summed E-state index contributed by atoms with van der Waals surface area (Å²) in [6.45, 7) is 3.67.